The predicted octanol–water partition coefficient (Wildman–Crippen LogP) is 7.54. The van der Waals surface area contributed by atoms with Crippen molar-refractivity contribution >= 4 is 5.97 Å². The summed E-state index contributed by atoms with van der Waals surface area (Å²) in [6.45, 7) is 3.52. The van der Waals surface area contributed by atoms with Crippen molar-refractivity contribution in [3.05, 3.63) is 0 Å². The average Bonchev–Trinajstić information content (AvgIpc) is 2.81. The highest BCUT2D eigenvalue weighted by molar-refractivity contribution is 5.68. The molecule has 0 aliphatic heterocycles. The summed E-state index contributed by atoms with van der Waals surface area (Å²) < 4.78 is 0. The lowest BCUT2D eigenvalue weighted by Crippen LogP contribution is -2.57. The molecule has 0 aromatic heterocycles. The maximum Gasteiger partial charge on any atom is 0.306 e. The molecule has 0 bridgehead atoms. The van der Waals surface area contributed by atoms with Crippen LogP contribution in [0.1, 0.15) is 162 Å². The Hall–Kier alpha value is -0.650. The first-order valence-electron chi connectivity index (χ1n) is 14.6. The third-order valence-corrected chi connectivity index (χ3v) is 7.46. The van der Waals surface area contributed by atoms with Gasteiger partial charge in [-0.05, 0) is 12.8 Å². The number of unbranched alkanes of at least 4 members (excludes halogenated alkanes) is 18. The molecule has 0 aliphatic rings. The van der Waals surface area contributed by atoms with E-state index in [4.69, 9.17) is 5.11 Å². The van der Waals surface area contributed by atoms with Crippen LogP contribution in [0.2, 0.25) is 0 Å². The van der Waals surface area contributed by atoms with E-state index in [0.717, 1.165) is 25.7 Å². The molecule has 0 heterocycles. The molecular weight excluding hydrogens is 428 g/mol. The first-order valence-corrected chi connectivity index (χ1v) is 14.6. The van der Waals surface area contributed by atoms with Crippen LogP contribution >= 0.6 is 0 Å². The second-order valence-corrected chi connectivity index (χ2v) is 10.7. The minimum absolute atomic E-state index is 0.312. The summed E-state index contributed by atoms with van der Waals surface area (Å²) in [6, 6.07) is 0. The predicted molar refractivity (Wildman–Crippen MR) is 142 cm³/mol. The number of carboxylic acids is 1. The van der Waals surface area contributed by atoms with E-state index in [1.165, 1.54) is 96.3 Å². The summed E-state index contributed by atoms with van der Waals surface area (Å²) in [4.78, 5) is 11.2. The third-order valence-electron chi connectivity index (χ3n) is 7.46. The maximum absolute atomic E-state index is 11.2. The van der Waals surface area contributed by atoms with Gasteiger partial charge >= 0.3 is 5.97 Å². The Morgan fingerprint density at radius 2 is 0.853 bits per heavy atom. The first-order chi connectivity index (χ1) is 16.3. The van der Waals surface area contributed by atoms with E-state index < -0.39 is 30.2 Å². The molecule has 0 aromatic carbocycles. The fraction of sp³-hybridized carbons (Fsp3) is 0.966. The standard InChI is InChI=1S/C29H58O5/c1-3-5-7-8-9-10-11-12-13-14-15-16-17-18-19-20-21-22-24-28(33,23-6-4-2)29(34,26-30)25-27(31)32/h30,33-34H,3-26H2,1-2H3,(H,31,32). The van der Waals surface area contributed by atoms with Gasteiger partial charge in [0.1, 0.15) is 5.60 Å². The summed E-state index contributed by atoms with van der Waals surface area (Å²) in [5, 5.41) is 40.5. The molecule has 0 rings (SSSR count). The first kappa shape index (κ1) is 33.4. The fourth-order valence-electron chi connectivity index (χ4n) is 5.00. The largest absolute Gasteiger partial charge is 0.481 e. The molecule has 0 fully saturated rings. The number of aliphatic hydroxyl groups is 3. The highest BCUT2D eigenvalue weighted by Gasteiger charge is 2.49. The van der Waals surface area contributed by atoms with Crippen molar-refractivity contribution in [1.29, 1.82) is 0 Å². The molecule has 5 nitrogen and oxygen atoms in total. The van der Waals surface area contributed by atoms with Crippen LogP contribution in [0.3, 0.4) is 0 Å². The summed E-state index contributed by atoms with van der Waals surface area (Å²) >= 11 is 0. The van der Waals surface area contributed by atoms with Crippen molar-refractivity contribution in [2.45, 2.75) is 173 Å². The number of carboxylic acid groups (broad SMARTS) is 1. The molecule has 0 saturated carbocycles. The average molecular weight is 487 g/mol. The maximum atomic E-state index is 11.2. The molecule has 2 atom stereocenters. The lowest BCUT2D eigenvalue weighted by molar-refractivity contribution is -0.192. The Morgan fingerprint density at radius 1 is 0.529 bits per heavy atom. The lowest BCUT2D eigenvalue weighted by atomic mass is 9.74. The Kier molecular flexibility index (Phi) is 21.2. The second-order valence-electron chi connectivity index (χ2n) is 10.7. The number of hydrogen-bond donors (Lipinski definition) is 4. The van der Waals surface area contributed by atoms with Gasteiger partial charge in [-0.25, -0.2) is 0 Å². The van der Waals surface area contributed by atoms with Gasteiger partial charge in [-0.15, -0.1) is 0 Å². The minimum atomic E-state index is -1.98. The molecule has 0 saturated heterocycles. The highest BCUT2D eigenvalue weighted by atomic mass is 16.4. The number of aliphatic hydroxyl groups excluding tert-OH is 1. The molecule has 2 unspecified atom stereocenters. The van der Waals surface area contributed by atoms with E-state index >= 15 is 0 Å². The van der Waals surface area contributed by atoms with Gasteiger partial charge < -0.3 is 20.4 Å². The van der Waals surface area contributed by atoms with Gasteiger partial charge in [-0.2, -0.15) is 0 Å². The van der Waals surface area contributed by atoms with Crippen LogP contribution in [-0.2, 0) is 4.79 Å². The molecular formula is C29H58O5. The quantitative estimate of drug-likeness (QED) is 0.0947. The second kappa shape index (κ2) is 21.6. The summed E-state index contributed by atoms with van der Waals surface area (Å²) in [6.07, 6.45) is 24.7. The SMILES string of the molecule is CCCCCCCCCCCCCCCCCCCCC(O)(CCCC)C(O)(CO)CC(=O)O. The van der Waals surface area contributed by atoms with Gasteiger partial charge in [0.2, 0.25) is 0 Å². The van der Waals surface area contributed by atoms with Gasteiger partial charge in [-0.1, -0.05) is 142 Å². The molecule has 0 aromatic rings. The van der Waals surface area contributed by atoms with Gasteiger partial charge in [0, 0.05) is 0 Å². The zero-order valence-corrected chi connectivity index (χ0v) is 22.7. The molecule has 0 spiro atoms. The van der Waals surface area contributed by atoms with E-state index in [2.05, 4.69) is 6.92 Å². The van der Waals surface area contributed by atoms with Gasteiger partial charge in [0.05, 0.1) is 18.6 Å². The van der Waals surface area contributed by atoms with Crippen LogP contribution in [0.5, 0.6) is 0 Å². The van der Waals surface area contributed by atoms with E-state index in [1.54, 1.807) is 0 Å². The van der Waals surface area contributed by atoms with E-state index in [1.807, 2.05) is 6.92 Å². The van der Waals surface area contributed by atoms with Gasteiger partial charge in [-0.3, -0.25) is 4.79 Å². The monoisotopic (exact) mass is 486 g/mol. The minimum Gasteiger partial charge on any atom is -0.481 e. The van der Waals surface area contributed by atoms with Crippen molar-refractivity contribution in [2.24, 2.45) is 0 Å². The molecule has 34 heavy (non-hydrogen) atoms. The number of aliphatic carboxylic acids is 1. The van der Waals surface area contributed by atoms with Crippen LogP contribution < -0.4 is 0 Å². The Bertz CT molecular complexity index is 469. The highest BCUT2D eigenvalue weighted by Crippen LogP contribution is 2.35. The summed E-state index contributed by atoms with van der Waals surface area (Å²) in [5.41, 5.74) is -3.53. The van der Waals surface area contributed by atoms with Crippen molar-refractivity contribution in [2.75, 3.05) is 6.61 Å². The van der Waals surface area contributed by atoms with Gasteiger partial charge in [0.25, 0.3) is 0 Å². The fourth-order valence-corrected chi connectivity index (χ4v) is 5.00. The van der Waals surface area contributed by atoms with E-state index in [0.29, 0.717) is 19.3 Å². The van der Waals surface area contributed by atoms with Gasteiger partial charge in [0.15, 0.2) is 0 Å². The van der Waals surface area contributed by atoms with Crippen molar-refractivity contribution in [1.82, 2.24) is 0 Å². The van der Waals surface area contributed by atoms with Crippen LogP contribution in [0.15, 0.2) is 0 Å². The Labute approximate surface area is 210 Å². The Morgan fingerprint density at radius 3 is 1.18 bits per heavy atom. The zero-order chi connectivity index (χ0) is 25.5. The zero-order valence-electron chi connectivity index (χ0n) is 22.7. The normalized spacial score (nSPS) is 15.2. The molecule has 0 radical (unpaired) electrons. The smallest absolute Gasteiger partial charge is 0.306 e. The van der Waals surface area contributed by atoms with E-state index in [9.17, 15) is 20.1 Å². The van der Waals surface area contributed by atoms with Crippen LogP contribution in [-0.4, -0.2) is 44.2 Å². The molecule has 0 aliphatic carbocycles. The van der Waals surface area contributed by atoms with Crippen molar-refractivity contribution in [3.63, 3.8) is 0 Å². The van der Waals surface area contributed by atoms with Crippen molar-refractivity contribution < 1.29 is 25.2 Å². The molecule has 5 heteroatoms. The van der Waals surface area contributed by atoms with Crippen LogP contribution in [0.25, 0.3) is 0 Å². The number of carbonyl (C=O) groups is 1. The van der Waals surface area contributed by atoms with Crippen molar-refractivity contribution in [3.8, 4) is 0 Å². The third kappa shape index (κ3) is 16.1. The van der Waals surface area contributed by atoms with Crippen LogP contribution in [0.4, 0.5) is 0 Å². The lowest BCUT2D eigenvalue weighted by Gasteiger charge is -2.42. The topological polar surface area (TPSA) is 98.0 Å². The van der Waals surface area contributed by atoms with E-state index in [-0.39, 0.29) is 0 Å². The molecule has 4 N–H and O–H groups in total. The molecule has 0 amide bonds. The molecule has 204 valence electrons. The Balaban J connectivity index is 3.79. The summed E-state index contributed by atoms with van der Waals surface area (Å²) in [5.74, 6) is -1.20. The summed E-state index contributed by atoms with van der Waals surface area (Å²) in [7, 11) is 0. The number of hydrogen-bond acceptors (Lipinski definition) is 4. The van der Waals surface area contributed by atoms with Crippen LogP contribution in [0, 0.1) is 0 Å². The number of rotatable bonds is 26.